The van der Waals surface area contributed by atoms with Gasteiger partial charge in [-0.05, 0) is 48.2 Å². The molecule has 0 radical (unpaired) electrons. The van der Waals surface area contributed by atoms with Gasteiger partial charge in [-0.2, -0.15) is 5.11 Å². The fraction of sp³-hybridized carbons (Fsp3) is 0.182. The zero-order valence-electron chi connectivity index (χ0n) is 16.1. The van der Waals surface area contributed by atoms with Crippen molar-refractivity contribution < 1.29 is 9.66 Å². The maximum atomic E-state index is 10.8. The summed E-state index contributed by atoms with van der Waals surface area (Å²) in [5.74, 6) is 1.33. The minimum absolute atomic E-state index is 0.0202. The Balaban J connectivity index is 1.45. The molecule has 0 unspecified atom stereocenters. The summed E-state index contributed by atoms with van der Waals surface area (Å²) >= 11 is 0. The van der Waals surface area contributed by atoms with Gasteiger partial charge in [0, 0.05) is 48.7 Å². The van der Waals surface area contributed by atoms with Crippen LogP contribution in [0.4, 0.5) is 28.4 Å². The first-order valence-corrected chi connectivity index (χ1v) is 9.77. The maximum Gasteiger partial charge on any atom is 0.269 e. The number of azo groups is 1. The lowest BCUT2D eigenvalue weighted by Crippen LogP contribution is -1.92. The molecule has 0 aromatic heterocycles. The van der Waals surface area contributed by atoms with Gasteiger partial charge in [-0.15, -0.1) is 5.11 Å². The van der Waals surface area contributed by atoms with E-state index >= 15 is 0 Å². The largest absolute Gasteiger partial charge is 0.455 e. The van der Waals surface area contributed by atoms with Crippen molar-refractivity contribution in [2.45, 2.75) is 12.8 Å². The number of anilines is 2. The lowest BCUT2D eigenvalue weighted by atomic mass is 10.1. The summed E-state index contributed by atoms with van der Waals surface area (Å²) in [7, 11) is 0. The predicted octanol–water partition coefficient (Wildman–Crippen LogP) is 5.74. The summed E-state index contributed by atoms with van der Waals surface area (Å²) < 4.78 is 6.18. The first kappa shape index (κ1) is 18.1. The van der Waals surface area contributed by atoms with Crippen LogP contribution in [0.25, 0.3) is 0 Å². The van der Waals surface area contributed by atoms with Crippen LogP contribution in [0, 0.1) is 10.1 Å². The SMILES string of the molecule is O=[N+]([O-])c1ccc(N=Nc2cc3c(cc2Oc2ccc4c(c2)NCC4)NCC3)cc1. The van der Waals surface area contributed by atoms with Crippen LogP contribution in [-0.2, 0) is 12.8 Å². The highest BCUT2D eigenvalue weighted by molar-refractivity contribution is 5.69. The van der Waals surface area contributed by atoms with E-state index in [0.29, 0.717) is 17.1 Å². The van der Waals surface area contributed by atoms with Gasteiger partial charge >= 0.3 is 0 Å². The number of nitrogens with zero attached hydrogens (tertiary/aromatic N) is 3. The predicted molar refractivity (Wildman–Crippen MR) is 115 cm³/mol. The summed E-state index contributed by atoms with van der Waals surface area (Å²) in [6.07, 6.45) is 1.94. The van der Waals surface area contributed by atoms with Crippen molar-refractivity contribution in [3.8, 4) is 11.5 Å². The van der Waals surface area contributed by atoms with Gasteiger partial charge in [0.25, 0.3) is 5.69 Å². The van der Waals surface area contributed by atoms with Gasteiger partial charge in [0.15, 0.2) is 5.75 Å². The number of nitro groups is 1. The van der Waals surface area contributed by atoms with Gasteiger partial charge in [0.2, 0.25) is 0 Å². The molecular weight excluding hydrogens is 382 g/mol. The summed E-state index contributed by atoms with van der Waals surface area (Å²) in [4.78, 5) is 10.4. The summed E-state index contributed by atoms with van der Waals surface area (Å²) in [5.41, 5.74) is 5.76. The molecule has 2 heterocycles. The van der Waals surface area contributed by atoms with E-state index in [9.17, 15) is 10.1 Å². The highest BCUT2D eigenvalue weighted by Gasteiger charge is 2.17. The van der Waals surface area contributed by atoms with Crippen molar-refractivity contribution in [2.75, 3.05) is 23.7 Å². The van der Waals surface area contributed by atoms with E-state index in [4.69, 9.17) is 4.74 Å². The first-order valence-electron chi connectivity index (χ1n) is 9.77. The molecule has 30 heavy (non-hydrogen) atoms. The van der Waals surface area contributed by atoms with Crippen molar-refractivity contribution in [3.05, 3.63) is 75.8 Å². The molecule has 8 heteroatoms. The third kappa shape index (κ3) is 3.55. The topological polar surface area (TPSA) is 101 Å². The quantitative estimate of drug-likeness (QED) is 0.323. The molecule has 3 aromatic rings. The normalized spacial score (nSPS) is 14.1. The molecular formula is C22H19N5O3. The van der Waals surface area contributed by atoms with E-state index < -0.39 is 4.92 Å². The second-order valence-corrected chi connectivity index (χ2v) is 7.23. The van der Waals surface area contributed by atoms with E-state index in [0.717, 1.165) is 48.6 Å². The summed E-state index contributed by atoms with van der Waals surface area (Å²) in [5, 5.41) is 26.2. The van der Waals surface area contributed by atoms with Crippen LogP contribution >= 0.6 is 0 Å². The zero-order valence-corrected chi connectivity index (χ0v) is 16.1. The molecule has 2 N–H and O–H groups in total. The van der Waals surface area contributed by atoms with Crippen LogP contribution < -0.4 is 15.4 Å². The number of hydrogen-bond acceptors (Lipinski definition) is 7. The molecule has 0 spiro atoms. The number of hydrogen-bond donors (Lipinski definition) is 2. The highest BCUT2D eigenvalue weighted by atomic mass is 16.6. The second-order valence-electron chi connectivity index (χ2n) is 7.23. The Bertz CT molecular complexity index is 1160. The second kappa shape index (κ2) is 7.47. The minimum atomic E-state index is -0.439. The van der Waals surface area contributed by atoms with Crippen LogP contribution in [-0.4, -0.2) is 18.0 Å². The molecule has 0 amide bonds. The fourth-order valence-corrected chi connectivity index (χ4v) is 3.69. The molecule has 0 saturated heterocycles. The van der Waals surface area contributed by atoms with Gasteiger partial charge in [0.05, 0.1) is 10.6 Å². The van der Waals surface area contributed by atoms with Crippen molar-refractivity contribution >= 4 is 28.4 Å². The Morgan fingerprint density at radius 1 is 0.867 bits per heavy atom. The van der Waals surface area contributed by atoms with Crippen LogP contribution in [0.3, 0.4) is 0 Å². The molecule has 3 aromatic carbocycles. The summed E-state index contributed by atoms with van der Waals surface area (Å²) in [6, 6.07) is 15.9. The Hall–Kier alpha value is -3.94. The summed E-state index contributed by atoms with van der Waals surface area (Å²) in [6.45, 7) is 1.82. The molecule has 8 nitrogen and oxygen atoms in total. The highest BCUT2D eigenvalue weighted by Crippen LogP contribution is 2.40. The van der Waals surface area contributed by atoms with Crippen LogP contribution in [0.15, 0.2) is 64.8 Å². The molecule has 5 rings (SSSR count). The number of ether oxygens (including phenoxy) is 1. The molecule has 0 fully saturated rings. The Morgan fingerprint density at radius 3 is 2.37 bits per heavy atom. The number of benzene rings is 3. The van der Waals surface area contributed by atoms with Crippen LogP contribution in [0.2, 0.25) is 0 Å². The average molecular weight is 401 g/mol. The molecule has 0 saturated carbocycles. The lowest BCUT2D eigenvalue weighted by molar-refractivity contribution is -0.384. The molecule has 2 aliphatic heterocycles. The molecule has 0 aliphatic carbocycles. The van der Waals surface area contributed by atoms with E-state index in [-0.39, 0.29) is 5.69 Å². The van der Waals surface area contributed by atoms with Gasteiger partial charge < -0.3 is 15.4 Å². The first-order chi connectivity index (χ1) is 14.7. The molecule has 0 bridgehead atoms. The van der Waals surface area contributed by atoms with E-state index in [1.807, 2.05) is 24.3 Å². The standard InChI is InChI=1S/C22H19N5O3/c28-27(29)17-4-2-16(3-5-17)25-26-21-11-15-8-10-24-20(15)13-22(21)30-18-6-1-14-7-9-23-19(14)12-18/h1-6,11-13,23-24H,7-10H2. The number of nitrogens with one attached hydrogen (secondary N) is 2. The Labute approximate surface area is 172 Å². The van der Waals surface area contributed by atoms with Crippen molar-refractivity contribution in [1.82, 2.24) is 0 Å². The van der Waals surface area contributed by atoms with Crippen molar-refractivity contribution in [2.24, 2.45) is 10.2 Å². The maximum absolute atomic E-state index is 10.8. The Kier molecular flexibility index (Phi) is 4.51. The van der Waals surface area contributed by atoms with Gasteiger partial charge in [-0.25, -0.2) is 0 Å². The monoisotopic (exact) mass is 401 g/mol. The molecule has 150 valence electrons. The van der Waals surface area contributed by atoms with Gasteiger partial charge in [-0.3, -0.25) is 10.1 Å². The average Bonchev–Trinajstić information content (AvgIpc) is 3.40. The third-order valence-corrected chi connectivity index (χ3v) is 5.25. The van der Waals surface area contributed by atoms with Gasteiger partial charge in [0.1, 0.15) is 11.4 Å². The van der Waals surface area contributed by atoms with Crippen LogP contribution in [0.1, 0.15) is 11.1 Å². The van der Waals surface area contributed by atoms with E-state index in [2.05, 4.69) is 26.9 Å². The zero-order chi connectivity index (χ0) is 20.5. The number of nitro benzene ring substituents is 1. The number of rotatable bonds is 5. The fourth-order valence-electron chi connectivity index (χ4n) is 3.69. The number of non-ortho nitro benzene ring substituents is 1. The Morgan fingerprint density at radius 2 is 1.60 bits per heavy atom. The van der Waals surface area contributed by atoms with E-state index in [1.165, 1.54) is 17.7 Å². The van der Waals surface area contributed by atoms with Crippen molar-refractivity contribution in [3.63, 3.8) is 0 Å². The van der Waals surface area contributed by atoms with Crippen LogP contribution in [0.5, 0.6) is 11.5 Å². The van der Waals surface area contributed by atoms with E-state index in [1.54, 1.807) is 12.1 Å². The molecule has 2 aliphatic rings. The van der Waals surface area contributed by atoms with Crippen molar-refractivity contribution in [1.29, 1.82) is 0 Å². The third-order valence-electron chi connectivity index (χ3n) is 5.25. The van der Waals surface area contributed by atoms with Gasteiger partial charge in [-0.1, -0.05) is 6.07 Å². The number of fused-ring (bicyclic) bond motifs is 2. The molecule has 0 atom stereocenters. The lowest BCUT2D eigenvalue weighted by Gasteiger charge is -2.12. The smallest absolute Gasteiger partial charge is 0.269 e. The minimum Gasteiger partial charge on any atom is -0.455 e.